The van der Waals surface area contributed by atoms with Gasteiger partial charge in [-0.25, -0.2) is 4.79 Å². The van der Waals surface area contributed by atoms with Crippen molar-refractivity contribution in [3.63, 3.8) is 0 Å². The minimum atomic E-state index is -0.662. The lowest BCUT2D eigenvalue weighted by molar-refractivity contribution is -0.122. The molecule has 0 aromatic heterocycles. The van der Waals surface area contributed by atoms with Crippen LogP contribution >= 0.6 is 0 Å². The maximum absolute atomic E-state index is 11.9. The number of amidine groups is 1. The summed E-state index contributed by atoms with van der Waals surface area (Å²) in [6.07, 6.45) is -0.536. The van der Waals surface area contributed by atoms with Crippen molar-refractivity contribution < 1.29 is 14.3 Å². The second kappa shape index (κ2) is 6.54. The van der Waals surface area contributed by atoms with Gasteiger partial charge in [-0.2, -0.15) is 4.99 Å². The average Bonchev–Trinajstić information content (AvgIpc) is 2.24. The zero-order valence-electron chi connectivity index (χ0n) is 13.1. The molecule has 0 radical (unpaired) electrons. The van der Waals surface area contributed by atoms with Gasteiger partial charge in [-0.05, 0) is 34.6 Å². The van der Waals surface area contributed by atoms with Crippen molar-refractivity contribution in [1.29, 1.82) is 0 Å². The number of hydrogen-bond donors (Lipinski definition) is 0. The number of likely N-dealkylation sites (N-methyl/N-ethyl adjacent to an activating group) is 1. The molecule has 6 heteroatoms. The zero-order valence-corrected chi connectivity index (χ0v) is 13.1. The molecule has 0 unspecified atom stereocenters. The molecule has 2 amide bonds. The molecular weight excluding hydrogens is 246 g/mol. The summed E-state index contributed by atoms with van der Waals surface area (Å²) in [5.74, 6) is 0.217. The summed E-state index contributed by atoms with van der Waals surface area (Å²) in [7, 11) is 5.12. The van der Waals surface area contributed by atoms with E-state index in [-0.39, 0.29) is 5.91 Å². The number of rotatable bonds is 2. The van der Waals surface area contributed by atoms with E-state index in [1.54, 1.807) is 53.6 Å². The fourth-order valence-electron chi connectivity index (χ4n) is 1.01. The summed E-state index contributed by atoms with van der Waals surface area (Å²) in [4.78, 5) is 30.6. The van der Waals surface area contributed by atoms with Gasteiger partial charge in [0.2, 0.25) is 0 Å². The Labute approximate surface area is 115 Å². The summed E-state index contributed by atoms with van der Waals surface area (Å²) in [6, 6.07) is -0.662. The molecule has 1 atom stereocenters. The van der Waals surface area contributed by atoms with Crippen LogP contribution in [0.15, 0.2) is 4.99 Å². The lowest BCUT2D eigenvalue weighted by Gasteiger charge is -2.27. The minimum absolute atomic E-state index is 0.375. The van der Waals surface area contributed by atoms with E-state index in [9.17, 15) is 9.59 Å². The summed E-state index contributed by atoms with van der Waals surface area (Å²) in [6.45, 7) is 8.69. The van der Waals surface area contributed by atoms with E-state index in [1.807, 2.05) is 0 Å². The van der Waals surface area contributed by atoms with Crippen molar-refractivity contribution in [1.82, 2.24) is 9.80 Å². The summed E-state index contributed by atoms with van der Waals surface area (Å²) in [5.41, 5.74) is -0.586. The molecule has 110 valence electrons. The van der Waals surface area contributed by atoms with Gasteiger partial charge in [-0.3, -0.25) is 9.69 Å². The topological polar surface area (TPSA) is 62.2 Å². The Morgan fingerprint density at radius 3 is 2.00 bits per heavy atom. The van der Waals surface area contributed by atoms with E-state index in [0.29, 0.717) is 5.84 Å². The molecular formula is C13H25N3O3. The molecule has 0 spiro atoms. The monoisotopic (exact) mass is 271 g/mol. The molecule has 0 aliphatic heterocycles. The van der Waals surface area contributed by atoms with Crippen LogP contribution < -0.4 is 0 Å². The van der Waals surface area contributed by atoms with Crippen LogP contribution in [-0.2, 0) is 9.53 Å². The quantitative estimate of drug-likeness (QED) is 0.567. The Kier molecular flexibility index (Phi) is 5.99. The Balaban J connectivity index is 4.74. The zero-order chi connectivity index (χ0) is 15.4. The van der Waals surface area contributed by atoms with Crippen molar-refractivity contribution in [2.45, 2.75) is 46.3 Å². The van der Waals surface area contributed by atoms with Crippen molar-refractivity contribution >= 4 is 17.8 Å². The highest BCUT2D eigenvalue weighted by atomic mass is 16.6. The van der Waals surface area contributed by atoms with E-state index in [2.05, 4.69) is 4.99 Å². The lowest BCUT2D eigenvalue weighted by atomic mass is 10.2. The first-order valence-electron chi connectivity index (χ1n) is 6.18. The van der Waals surface area contributed by atoms with Crippen LogP contribution in [0.4, 0.5) is 4.79 Å². The van der Waals surface area contributed by atoms with Gasteiger partial charge in [0.15, 0.2) is 0 Å². The fraction of sp³-hybridized carbons (Fsp3) is 0.769. The third-order valence-corrected chi connectivity index (χ3v) is 2.54. The van der Waals surface area contributed by atoms with Crippen molar-refractivity contribution in [3.05, 3.63) is 0 Å². The normalized spacial score (nSPS) is 13.8. The number of carbonyl (C=O) groups excluding carboxylic acids is 2. The van der Waals surface area contributed by atoms with Gasteiger partial charge >= 0.3 is 6.09 Å². The van der Waals surface area contributed by atoms with Crippen LogP contribution in [0.5, 0.6) is 0 Å². The number of ether oxygens (including phenoxy) is 1. The van der Waals surface area contributed by atoms with Gasteiger partial charge in [-0.1, -0.05) is 0 Å². The second-order valence-electron chi connectivity index (χ2n) is 5.66. The number of aliphatic imine (C=N–C) groups is 1. The van der Waals surface area contributed by atoms with Crippen LogP contribution in [0, 0.1) is 0 Å². The number of amides is 2. The van der Waals surface area contributed by atoms with E-state index in [4.69, 9.17) is 4.74 Å². The average molecular weight is 271 g/mol. The molecule has 0 aliphatic carbocycles. The van der Waals surface area contributed by atoms with Crippen molar-refractivity contribution in [2.24, 2.45) is 4.99 Å². The molecule has 0 saturated carbocycles. The molecule has 0 bridgehead atoms. The second-order valence-corrected chi connectivity index (χ2v) is 5.66. The van der Waals surface area contributed by atoms with E-state index < -0.39 is 17.7 Å². The minimum Gasteiger partial charge on any atom is -0.444 e. The molecule has 0 heterocycles. The highest BCUT2D eigenvalue weighted by Crippen LogP contribution is 2.11. The largest absolute Gasteiger partial charge is 0.444 e. The number of carbonyl (C=O) groups is 2. The van der Waals surface area contributed by atoms with E-state index in [1.165, 1.54) is 11.9 Å². The maximum Gasteiger partial charge on any atom is 0.410 e. The third kappa shape index (κ3) is 6.22. The van der Waals surface area contributed by atoms with Gasteiger partial charge in [0.25, 0.3) is 5.91 Å². The van der Waals surface area contributed by atoms with Crippen LogP contribution in [0.3, 0.4) is 0 Å². The molecule has 0 aliphatic rings. The van der Waals surface area contributed by atoms with Crippen molar-refractivity contribution in [3.8, 4) is 0 Å². The molecule has 0 aromatic rings. The smallest absolute Gasteiger partial charge is 0.410 e. The third-order valence-electron chi connectivity index (χ3n) is 2.54. The van der Waals surface area contributed by atoms with Crippen LogP contribution in [-0.4, -0.2) is 60.4 Å². The van der Waals surface area contributed by atoms with Crippen molar-refractivity contribution in [2.75, 3.05) is 21.1 Å². The summed E-state index contributed by atoms with van der Waals surface area (Å²) in [5, 5.41) is 0. The standard InChI is InChI=1S/C13H25N3O3/c1-9(11(17)14-10(2)15(6)7)16(8)12(18)19-13(3,4)5/h9H,1-8H3/t9-/m0/s1. The first-order valence-corrected chi connectivity index (χ1v) is 6.18. The summed E-state index contributed by atoms with van der Waals surface area (Å²) < 4.78 is 5.20. The van der Waals surface area contributed by atoms with Gasteiger partial charge in [0, 0.05) is 21.1 Å². The number of hydrogen-bond acceptors (Lipinski definition) is 3. The van der Waals surface area contributed by atoms with Gasteiger partial charge in [-0.15, -0.1) is 0 Å². The lowest BCUT2D eigenvalue weighted by Crippen LogP contribution is -2.43. The Hall–Kier alpha value is -1.59. The molecule has 19 heavy (non-hydrogen) atoms. The summed E-state index contributed by atoms with van der Waals surface area (Å²) >= 11 is 0. The van der Waals surface area contributed by atoms with Gasteiger partial charge in [0.05, 0.1) is 0 Å². The Morgan fingerprint density at radius 2 is 1.63 bits per heavy atom. The first kappa shape index (κ1) is 17.4. The fourth-order valence-corrected chi connectivity index (χ4v) is 1.01. The van der Waals surface area contributed by atoms with Crippen LogP contribution in [0.1, 0.15) is 34.6 Å². The molecule has 0 aromatic carbocycles. The SMILES string of the molecule is CC(=NC(=O)[C@H](C)N(C)C(=O)OC(C)(C)C)N(C)C. The molecule has 0 rings (SSSR count). The highest BCUT2D eigenvalue weighted by molar-refractivity contribution is 5.96. The van der Waals surface area contributed by atoms with Crippen LogP contribution in [0.25, 0.3) is 0 Å². The maximum atomic E-state index is 11.9. The van der Waals surface area contributed by atoms with Gasteiger partial charge in [0.1, 0.15) is 17.5 Å². The van der Waals surface area contributed by atoms with E-state index in [0.717, 1.165) is 0 Å². The predicted molar refractivity (Wildman–Crippen MR) is 75.3 cm³/mol. The Bertz CT molecular complexity index is 370. The number of nitrogens with zero attached hydrogens (tertiary/aromatic N) is 3. The molecule has 0 saturated heterocycles. The van der Waals surface area contributed by atoms with Gasteiger partial charge < -0.3 is 9.64 Å². The molecule has 0 fully saturated rings. The Morgan fingerprint density at radius 1 is 1.16 bits per heavy atom. The molecule has 0 N–H and O–H groups in total. The van der Waals surface area contributed by atoms with E-state index >= 15 is 0 Å². The first-order chi connectivity index (χ1) is 8.45. The highest BCUT2D eigenvalue weighted by Gasteiger charge is 2.26. The molecule has 6 nitrogen and oxygen atoms in total. The van der Waals surface area contributed by atoms with Crippen LogP contribution in [0.2, 0.25) is 0 Å². The predicted octanol–water partition coefficient (Wildman–Crippen LogP) is 1.75.